The normalized spacial score (nSPS) is 12.5. The molecular formula is C20H28Cl3NO3. The van der Waals surface area contributed by atoms with Crippen LogP contribution in [-0.4, -0.2) is 23.4 Å². The number of rotatable bonds is 11. The largest absolute Gasteiger partial charge is 0.466 e. The number of carbonyl (C=O) groups is 2. The third kappa shape index (κ3) is 11.5. The standard InChI is InChI=1S/C20H28Cl3NO3/c1-14(5-4-11-20(2,3)23)10-12-27-19(26)9-8-18(25)24-15-6-7-16(21)17(22)13-15/h6-7,13-14H,4-5,8-12H2,1-3H3,(H,24,25)/t14-/m0/s1. The third-order valence-corrected chi connectivity index (χ3v) is 5.03. The molecular weight excluding hydrogens is 409 g/mol. The number of anilines is 1. The van der Waals surface area contributed by atoms with Gasteiger partial charge in [-0.3, -0.25) is 9.59 Å². The van der Waals surface area contributed by atoms with Crippen molar-refractivity contribution in [2.45, 2.75) is 64.2 Å². The maximum Gasteiger partial charge on any atom is 0.306 e. The van der Waals surface area contributed by atoms with E-state index in [-0.39, 0.29) is 29.6 Å². The lowest BCUT2D eigenvalue weighted by Gasteiger charge is -2.17. The van der Waals surface area contributed by atoms with Gasteiger partial charge >= 0.3 is 5.97 Å². The van der Waals surface area contributed by atoms with Crippen molar-refractivity contribution in [1.29, 1.82) is 0 Å². The van der Waals surface area contributed by atoms with E-state index in [0.717, 1.165) is 25.7 Å². The second kappa shape index (κ2) is 11.8. The molecule has 0 aromatic heterocycles. The number of ether oxygens (including phenoxy) is 1. The molecule has 0 bridgehead atoms. The maximum absolute atomic E-state index is 11.9. The molecule has 4 nitrogen and oxygen atoms in total. The molecule has 0 aliphatic carbocycles. The van der Waals surface area contributed by atoms with E-state index in [1.165, 1.54) is 0 Å². The molecule has 0 aliphatic heterocycles. The van der Waals surface area contributed by atoms with Crippen LogP contribution in [0.15, 0.2) is 18.2 Å². The van der Waals surface area contributed by atoms with Crippen molar-refractivity contribution in [3.63, 3.8) is 0 Å². The van der Waals surface area contributed by atoms with Crippen molar-refractivity contribution in [1.82, 2.24) is 0 Å². The SMILES string of the molecule is C[C@@H](CCCC(C)(C)Cl)CCOC(=O)CCC(=O)Nc1ccc(Cl)c(Cl)c1. The monoisotopic (exact) mass is 435 g/mol. The summed E-state index contributed by atoms with van der Waals surface area (Å²) in [6, 6.07) is 4.81. The Morgan fingerprint density at radius 3 is 2.48 bits per heavy atom. The summed E-state index contributed by atoms with van der Waals surface area (Å²) >= 11 is 17.9. The third-order valence-electron chi connectivity index (χ3n) is 4.10. The summed E-state index contributed by atoms with van der Waals surface area (Å²) in [4.78, 5) is 23.5. The Morgan fingerprint density at radius 2 is 1.85 bits per heavy atom. The molecule has 0 spiro atoms. The van der Waals surface area contributed by atoms with E-state index in [1.807, 2.05) is 13.8 Å². The summed E-state index contributed by atoms with van der Waals surface area (Å²) < 4.78 is 5.21. The predicted molar refractivity (Wildman–Crippen MR) is 113 cm³/mol. The van der Waals surface area contributed by atoms with E-state index >= 15 is 0 Å². The molecule has 152 valence electrons. The van der Waals surface area contributed by atoms with Gasteiger partial charge in [-0.05, 0) is 50.8 Å². The van der Waals surface area contributed by atoms with Crippen LogP contribution in [0.2, 0.25) is 10.0 Å². The quantitative estimate of drug-likeness (QED) is 0.319. The molecule has 0 saturated carbocycles. The Balaban J connectivity index is 2.17. The number of hydrogen-bond donors (Lipinski definition) is 1. The van der Waals surface area contributed by atoms with Crippen molar-refractivity contribution in [3.05, 3.63) is 28.2 Å². The second-order valence-electron chi connectivity index (χ2n) is 7.40. The van der Waals surface area contributed by atoms with Crippen molar-refractivity contribution in [3.8, 4) is 0 Å². The number of benzene rings is 1. The van der Waals surface area contributed by atoms with Crippen LogP contribution in [0.3, 0.4) is 0 Å². The lowest BCUT2D eigenvalue weighted by Crippen LogP contribution is -2.15. The Hall–Kier alpha value is -0.970. The zero-order valence-corrected chi connectivity index (χ0v) is 18.4. The molecule has 27 heavy (non-hydrogen) atoms. The zero-order valence-electron chi connectivity index (χ0n) is 16.1. The lowest BCUT2D eigenvalue weighted by molar-refractivity contribution is -0.145. The van der Waals surface area contributed by atoms with Gasteiger partial charge in [0.15, 0.2) is 0 Å². The molecule has 1 aromatic rings. The summed E-state index contributed by atoms with van der Waals surface area (Å²) in [5.74, 6) is -0.175. The average Bonchev–Trinajstić information content (AvgIpc) is 2.55. The van der Waals surface area contributed by atoms with Gasteiger partial charge in [0.1, 0.15) is 0 Å². The first-order chi connectivity index (χ1) is 12.6. The van der Waals surface area contributed by atoms with Crippen molar-refractivity contribution < 1.29 is 14.3 Å². The molecule has 0 heterocycles. The maximum atomic E-state index is 11.9. The van der Waals surface area contributed by atoms with Crippen LogP contribution in [0.1, 0.15) is 59.3 Å². The van der Waals surface area contributed by atoms with Crippen molar-refractivity contribution in [2.75, 3.05) is 11.9 Å². The van der Waals surface area contributed by atoms with Crippen LogP contribution in [0.5, 0.6) is 0 Å². The van der Waals surface area contributed by atoms with Crippen LogP contribution in [0, 0.1) is 5.92 Å². The van der Waals surface area contributed by atoms with E-state index in [9.17, 15) is 9.59 Å². The molecule has 0 saturated heterocycles. The van der Waals surface area contributed by atoms with E-state index in [1.54, 1.807) is 18.2 Å². The molecule has 0 radical (unpaired) electrons. The highest BCUT2D eigenvalue weighted by atomic mass is 35.5. The first-order valence-corrected chi connectivity index (χ1v) is 10.3. The summed E-state index contributed by atoms with van der Waals surface area (Å²) in [6.07, 6.45) is 3.98. The number of halogens is 3. The minimum Gasteiger partial charge on any atom is -0.466 e. The first-order valence-electron chi connectivity index (χ1n) is 9.16. The number of amides is 1. The molecule has 1 aromatic carbocycles. The molecule has 7 heteroatoms. The topological polar surface area (TPSA) is 55.4 Å². The smallest absolute Gasteiger partial charge is 0.306 e. The van der Waals surface area contributed by atoms with E-state index in [0.29, 0.717) is 28.3 Å². The van der Waals surface area contributed by atoms with Gasteiger partial charge in [0.2, 0.25) is 5.91 Å². The van der Waals surface area contributed by atoms with Gasteiger partial charge in [-0.1, -0.05) is 43.0 Å². The van der Waals surface area contributed by atoms with E-state index in [2.05, 4.69) is 12.2 Å². The minimum absolute atomic E-state index is 0.0436. The Labute approximate surface area is 176 Å². The lowest BCUT2D eigenvalue weighted by atomic mass is 9.97. The number of alkyl halides is 1. The highest BCUT2D eigenvalue weighted by Crippen LogP contribution is 2.25. The Kier molecular flexibility index (Phi) is 10.5. The fraction of sp³-hybridized carbons (Fsp3) is 0.600. The van der Waals surface area contributed by atoms with Crippen LogP contribution in [0.25, 0.3) is 0 Å². The van der Waals surface area contributed by atoms with Crippen molar-refractivity contribution >= 4 is 52.4 Å². The first kappa shape index (κ1) is 24.1. The second-order valence-corrected chi connectivity index (χ2v) is 9.24. The van der Waals surface area contributed by atoms with Crippen LogP contribution in [0.4, 0.5) is 5.69 Å². The fourth-order valence-corrected chi connectivity index (χ4v) is 2.91. The number of nitrogens with one attached hydrogen (secondary N) is 1. The Bertz CT molecular complexity index is 629. The highest BCUT2D eigenvalue weighted by Gasteiger charge is 2.14. The van der Waals surface area contributed by atoms with Gasteiger partial charge in [0.05, 0.1) is 23.1 Å². The van der Waals surface area contributed by atoms with E-state index in [4.69, 9.17) is 39.5 Å². The molecule has 0 aliphatic rings. The average molecular weight is 437 g/mol. The highest BCUT2D eigenvalue weighted by molar-refractivity contribution is 6.42. The fourth-order valence-electron chi connectivity index (χ4n) is 2.47. The minimum atomic E-state index is -0.367. The molecule has 1 amide bonds. The summed E-state index contributed by atoms with van der Waals surface area (Å²) in [5.41, 5.74) is 0.539. The summed E-state index contributed by atoms with van der Waals surface area (Å²) in [5, 5.41) is 3.45. The number of carbonyl (C=O) groups excluding carboxylic acids is 2. The molecule has 0 unspecified atom stereocenters. The van der Waals surface area contributed by atoms with E-state index < -0.39 is 0 Å². The van der Waals surface area contributed by atoms with Crippen LogP contribution >= 0.6 is 34.8 Å². The number of esters is 1. The van der Waals surface area contributed by atoms with Gasteiger partial charge in [-0.15, -0.1) is 11.6 Å². The molecule has 1 atom stereocenters. The van der Waals surface area contributed by atoms with Crippen LogP contribution in [-0.2, 0) is 14.3 Å². The van der Waals surface area contributed by atoms with Crippen molar-refractivity contribution in [2.24, 2.45) is 5.92 Å². The zero-order chi connectivity index (χ0) is 20.4. The van der Waals surface area contributed by atoms with Gasteiger partial charge in [-0.2, -0.15) is 0 Å². The van der Waals surface area contributed by atoms with Gasteiger partial charge in [-0.25, -0.2) is 0 Å². The molecule has 1 N–H and O–H groups in total. The summed E-state index contributed by atoms with van der Waals surface area (Å²) in [6.45, 7) is 6.54. The predicted octanol–water partition coefficient (Wildman–Crippen LogP) is 6.47. The molecule has 0 fully saturated rings. The van der Waals surface area contributed by atoms with Gasteiger partial charge < -0.3 is 10.1 Å². The number of hydrogen-bond acceptors (Lipinski definition) is 3. The van der Waals surface area contributed by atoms with Gasteiger partial charge in [0.25, 0.3) is 0 Å². The molecule has 1 rings (SSSR count). The summed E-state index contributed by atoms with van der Waals surface area (Å²) in [7, 11) is 0. The van der Waals surface area contributed by atoms with Gasteiger partial charge in [0, 0.05) is 17.0 Å². The Morgan fingerprint density at radius 1 is 1.15 bits per heavy atom. The van der Waals surface area contributed by atoms with Crippen LogP contribution < -0.4 is 5.32 Å².